The van der Waals surface area contributed by atoms with Crippen LogP contribution in [0.4, 0.5) is 0 Å². The number of hydrogen-bond donors (Lipinski definition) is 2. The van der Waals surface area contributed by atoms with Crippen molar-refractivity contribution in [2.24, 2.45) is 17.7 Å². The van der Waals surface area contributed by atoms with Crippen LogP contribution in [0.25, 0.3) is 0 Å². The second-order valence-electron chi connectivity index (χ2n) is 5.48. The minimum absolute atomic E-state index is 0.486. The molecule has 3 N–H and O–H groups in total. The van der Waals surface area contributed by atoms with Gasteiger partial charge in [0.25, 0.3) is 0 Å². The Morgan fingerprint density at radius 3 is 2.65 bits per heavy atom. The molecule has 0 bridgehead atoms. The van der Waals surface area contributed by atoms with Crippen molar-refractivity contribution in [3.8, 4) is 0 Å². The summed E-state index contributed by atoms with van der Waals surface area (Å²) < 4.78 is 0. The quantitative estimate of drug-likeness (QED) is 0.605. The first-order valence-corrected chi connectivity index (χ1v) is 6.79. The summed E-state index contributed by atoms with van der Waals surface area (Å²) in [6.45, 7) is 2.35. The van der Waals surface area contributed by atoms with Crippen LogP contribution in [0.5, 0.6) is 0 Å². The topological polar surface area (TPSA) is 38.0 Å². The Morgan fingerprint density at radius 1 is 1.29 bits per heavy atom. The maximum atomic E-state index is 5.71. The third-order valence-corrected chi connectivity index (χ3v) is 4.11. The Balaban J connectivity index is 1.84. The Labute approximate surface area is 105 Å². The SMILES string of the molecule is CC1CCC(C(CCc2ccccc2)NN)C1. The maximum Gasteiger partial charge on any atom is 0.0242 e. The second-order valence-corrected chi connectivity index (χ2v) is 5.48. The van der Waals surface area contributed by atoms with Gasteiger partial charge in [-0.15, -0.1) is 0 Å². The highest BCUT2D eigenvalue weighted by Crippen LogP contribution is 2.33. The van der Waals surface area contributed by atoms with E-state index in [-0.39, 0.29) is 0 Å². The number of nitrogens with one attached hydrogen (secondary N) is 1. The van der Waals surface area contributed by atoms with Gasteiger partial charge in [-0.1, -0.05) is 43.7 Å². The lowest BCUT2D eigenvalue weighted by Crippen LogP contribution is -2.40. The zero-order chi connectivity index (χ0) is 12.1. The van der Waals surface area contributed by atoms with E-state index in [1.54, 1.807) is 0 Å². The Hall–Kier alpha value is -0.860. The van der Waals surface area contributed by atoms with E-state index in [4.69, 9.17) is 5.84 Å². The second kappa shape index (κ2) is 6.18. The van der Waals surface area contributed by atoms with Gasteiger partial charge in [0.05, 0.1) is 0 Å². The lowest BCUT2D eigenvalue weighted by molar-refractivity contribution is 0.337. The van der Waals surface area contributed by atoms with Gasteiger partial charge >= 0.3 is 0 Å². The molecule has 1 aromatic rings. The number of rotatable bonds is 5. The van der Waals surface area contributed by atoms with Crippen molar-refractivity contribution in [2.75, 3.05) is 0 Å². The smallest absolute Gasteiger partial charge is 0.0242 e. The Kier molecular flexibility index (Phi) is 4.57. The molecule has 1 fully saturated rings. The van der Waals surface area contributed by atoms with E-state index in [9.17, 15) is 0 Å². The van der Waals surface area contributed by atoms with Crippen LogP contribution >= 0.6 is 0 Å². The molecule has 1 saturated carbocycles. The van der Waals surface area contributed by atoms with Gasteiger partial charge in [-0.2, -0.15) is 0 Å². The first-order valence-electron chi connectivity index (χ1n) is 6.79. The largest absolute Gasteiger partial charge is 0.271 e. The lowest BCUT2D eigenvalue weighted by atomic mass is 9.92. The third kappa shape index (κ3) is 3.55. The maximum absolute atomic E-state index is 5.71. The molecule has 0 heterocycles. The molecule has 2 rings (SSSR count). The summed E-state index contributed by atoms with van der Waals surface area (Å²) in [4.78, 5) is 0. The van der Waals surface area contributed by atoms with Crippen LogP contribution in [0.15, 0.2) is 30.3 Å². The number of hydrazine groups is 1. The molecule has 17 heavy (non-hydrogen) atoms. The van der Waals surface area contributed by atoms with Crippen molar-refractivity contribution in [3.63, 3.8) is 0 Å². The average molecular weight is 232 g/mol. The molecular weight excluding hydrogens is 208 g/mol. The van der Waals surface area contributed by atoms with E-state index in [1.807, 2.05) is 0 Å². The molecule has 1 aliphatic rings. The molecule has 0 saturated heterocycles. The van der Waals surface area contributed by atoms with E-state index in [1.165, 1.54) is 24.8 Å². The zero-order valence-electron chi connectivity index (χ0n) is 10.7. The molecule has 3 unspecified atom stereocenters. The van der Waals surface area contributed by atoms with Crippen LogP contribution in [0.1, 0.15) is 38.2 Å². The fourth-order valence-electron chi connectivity index (χ4n) is 3.04. The molecule has 2 heteroatoms. The van der Waals surface area contributed by atoms with Gasteiger partial charge in [0, 0.05) is 6.04 Å². The van der Waals surface area contributed by atoms with Crippen molar-refractivity contribution in [1.29, 1.82) is 0 Å². The Morgan fingerprint density at radius 2 is 2.06 bits per heavy atom. The summed E-state index contributed by atoms with van der Waals surface area (Å²) in [6, 6.07) is 11.2. The summed E-state index contributed by atoms with van der Waals surface area (Å²) in [5, 5.41) is 0. The third-order valence-electron chi connectivity index (χ3n) is 4.11. The highest BCUT2D eigenvalue weighted by Gasteiger charge is 2.27. The molecule has 0 radical (unpaired) electrons. The van der Waals surface area contributed by atoms with E-state index >= 15 is 0 Å². The average Bonchev–Trinajstić information content (AvgIpc) is 2.78. The summed E-state index contributed by atoms with van der Waals surface area (Å²) in [6.07, 6.45) is 6.32. The fraction of sp³-hybridized carbons (Fsp3) is 0.600. The molecule has 0 spiro atoms. The molecular formula is C15H24N2. The standard InChI is InChI=1S/C15H24N2/c1-12-7-9-14(11-12)15(17-16)10-8-13-5-3-2-4-6-13/h2-6,12,14-15,17H,7-11,16H2,1H3. The minimum Gasteiger partial charge on any atom is -0.271 e. The van der Waals surface area contributed by atoms with Crippen molar-refractivity contribution in [3.05, 3.63) is 35.9 Å². The number of nitrogens with two attached hydrogens (primary N) is 1. The van der Waals surface area contributed by atoms with E-state index in [0.29, 0.717) is 6.04 Å². The van der Waals surface area contributed by atoms with Gasteiger partial charge in [0.2, 0.25) is 0 Å². The van der Waals surface area contributed by atoms with Crippen LogP contribution in [0.3, 0.4) is 0 Å². The summed E-state index contributed by atoms with van der Waals surface area (Å²) in [5.41, 5.74) is 4.45. The molecule has 94 valence electrons. The van der Waals surface area contributed by atoms with Crippen molar-refractivity contribution in [2.45, 2.75) is 45.1 Å². The normalized spacial score (nSPS) is 26.0. The highest BCUT2D eigenvalue weighted by atomic mass is 15.2. The van der Waals surface area contributed by atoms with Crippen LogP contribution < -0.4 is 11.3 Å². The number of benzene rings is 1. The number of aryl methyl sites for hydroxylation is 1. The van der Waals surface area contributed by atoms with Crippen LogP contribution in [-0.4, -0.2) is 6.04 Å². The van der Waals surface area contributed by atoms with E-state index in [0.717, 1.165) is 24.7 Å². The summed E-state index contributed by atoms with van der Waals surface area (Å²) in [7, 11) is 0. The van der Waals surface area contributed by atoms with Gasteiger partial charge < -0.3 is 0 Å². The molecule has 3 atom stereocenters. The summed E-state index contributed by atoms with van der Waals surface area (Å²) >= 11 is 0. The zero-order valence-corrected chi connectivity index (χ0v) is 10.7. The molecule has 0 aliphatic heterocycles. The van der Waals surface area contributed by atoms with Crippen molar-refractivity contribution >= 4 is 0 Å². The molecule has 1 aliphatic carbocycles. The lowest BCUT2D eigenvalue weighted by Gasteiger charge is -2.22. The van der Waals surface area contributed by atoms with Crippen LogP contribution in [0.2, 0.25) is 0 Å². The van der Waals surface area contributed by atoms with Gasteiger partial charge in [-0.25, -0.2) is 0 Å². The Bertz CT molecular complexity index is 323. The van der Waals surface area contributed by atoms with Gasteiger partial charge in [0.15, 0.2) is 0 Å². The monoisotopic (exact) mass is 232 g/mol. The van der Waals surface area contributed by atoms with Gasteiger partial charge in [0.1, 0.15) is 0 Å². The predicted octanol–water partition coefficient (Wildman–Crippen LogP) is 2.89. The summed E-state index contributed by atoms with van der Waals surface area (Å²) in [5.74, 6) is 7.37. The molecule has 1 aromatic carbocycles. The van der Waals surface area contributed by atoms with Crippen molar-refractivity contribution in [1.82, 2.24) is 5.43 Å². The first kappa shape index (κ1) is 12.6. The fourth-order valence-corrected chi connectivity index (χ4v) is 3.04. The van der Waals surface area contributed by atoms with Crippen molar-refractivity contribution < 1.29 is 0 Å². The minimum atomic E-state index is 0.486. The molecule has 0 aromatic heterocycles. The van der Waals surface area contributed by atoms with E-state index < -0.39 is 0 Å². The van der Waals surface area contributed by atoms with E-state index in [2.05, 4.69) is 42.7 Å². The van der Waals surface area contributed by atoms with Gasteiger partial charge in [-0.05, 0) is 43.1 Å². The van der Waals surface area contributed by atoms with Crippen LogP contribution in [0, 0.1) is 11.8 Å². The predicted molar refractivity (Wildman–Crippen MR) is 72.4 cm³/mol. The van der Waals surface area contributed by atoms with Crippen LogP contribution in [-0.2, 0) is 6.42 Å². The molecule has 0 amide bonds. The highest BCUT2D eigenvalue weighted by molar-refractivity contribution is 5.14. The van der Waals surface area contributed by atoms with Gasteiger partial charge in [-0.3, -0.25) is 11.3 Å². The number of hydrogen-bond acceptors (Lipinski definition) is 2. The first-order chi connectivity index (χ1) is 8.29. The molecule has 2 nitrogen and oxygen atoms in total.